The van der Waals surface area contributed by atoms with E-state index >= 15 is 0 Å². The molecule has 0 saturated carbocycles. The maximum Gasteiger partial charge on any atom is 0.260 e. The number of ether oxygens (including phenoxy) is 2. The maximum absolute atomic E-state index is 12.9. The lowest BCUT2D eigenvalue weighted by Gasteiger charge is -2.26. The smallest absolute Gasteiger partial charge is 0.260 e. The molecule has 150 valence electrons. The molecule has 6 heteroatoms. The molecule has 0 aliphatic carbocycles. The molecule has 1 atom stereocenters. The van der Waals surface area contributed by atoms with Gasteiger partial charge in [0.25, 0.3) is 5.91 Å². The van der Waals surface area contributed by atoms with Gasteiger partial charge in [-0.3, -0.25) is 4.79 Å². The molecule has 0 N–H and O–H groups in total. The fourth-order valence-electron chi connectivity index (χ4n) is 3.18. The number of benzene rings is 2. The molecule has 0 bridgehead atoms. The van der Waals surface area contributed by atoms with Crippen LogP contribution in [-0.4, -0.2) is 36.7 Å². The first-order chi connectivity index (χ1) is 13.4. The van der Waals surface area contributed by atoms with Crippen LogP contribution < -0.4 is 4.74 Å². The van der Waals surface area contributed by atoms with Crippen molar-refractivity contribution in [3.63, 3.8) is 0 Å². The number of carbonyl (C=O) groups excluding carboxylic acids is 1. The van der Waals surface area contributed by atoms with Crippen molar-refractivity contribution >= 4 is 29.1 Å². The van der Waals surface area contributed by atoms with Gasteiger partial charge in [0.1, 0.15) is 5.75 Å². The Hall–Kier alpha value is -1.75. The van der Waals surface area contributed by atoms with E-state index in [-0.39, 0.29) is 18.6 Å². The molecule has 2 aromatic rings. The number of hydrogen-bond donors (Lipinski definition) is 0. The van der Waals surface area contributed by atoms with E-state index in [9.17, 15) is 4.79 Å². The number of halogens is 2. The third-order valence-corrected chi connectivity index (χ3v) is 5.60. The standard InChI is InChI=1S/C22H25Cl2NO3/c1-15-5-8-19(10-16(15)2)28-14-22(26)25(13-20-4-3-9-27-20)12-17-6-7-18(23)11-21(17)24/h5-8,10-11,20H,3-4,9,12-14H2,1-2H3/t20-/m1/s1. The van der Waals surface area contributed by atoms with E-state index < -0.39 is 0 Å². The Kier molecular flexibility index (Phi) is 7.22. The first-order valence-electron chi connectivity index (χ1n) is 9.45. The van der Waals surface area contributed by atoms with Gasteiger partial charge in [-0.15, -0.1) is 0 Å². The highest BCUT2D eigenvalue weighted by molar-refractivity contribution is 6.35. The van der Waals surface area contributed by atoms with Crippen LogP contribution in [0.5, 0.6) is 5.75 Å². The van der Waals surface area contributed by atoms with Crippen molar-refractivity contribution in [3.8, 4) is 5.75 Å². The number of carbonyl (C=O) groups is 1. The fraction of sp³-hybridized carbons (Fsp3) is 0.409. The summed E-state index contributed by atoms with van der Waals surface area (Å²) in [5, 5.41) is 1.12. The van der Waals surface area contributed by atoms with Crippen LogP contribution >= 0.6 is 23.2 Å². The van der Waals surface area contributed by atoms with Crippen LogP contribution in [0.2, 0.25) is 10.0 Å². The number of aryl methyl sites for hydroxylation is 2. The highest BCUT2D eigenvalue weighted by Crippen LogP contribution is 2.24. The molecule has 0 radical (unpaired) electrons. The predicted molar refractivity (Wildman–Crippen MR) is 112 cm³/mol. The first kappa shape index (κ1) is 21.0. The molecule has 0 unspecified atom stereocenters. The van der Waals surface area contributed by atoms with Gasteiger partial charge in [-0.25, -0.2) is 0 Å². The molecular weight excluding hydrogens is 397 g/mol. The molecule has 4 nitrogen and oxygen atoms in total. The van der Waals surface area contributed by atoms with Crippen LogP contribution in [-0.2, 0) is 16.1 Å². The molecule has 0 aromatic heterocycles. The monoisotopic (exact) mass is 421 g/mol. The van der Waals surface area contributed by atoms with Gasteiger partial charge in [0.2, 0.25) is 0 Å². The lowest BCUT2D eigenvalue weighted by molar-refractivity contribution is -0.135. The summed E-state index contributed by atoms with van der Waals surface area (Å²) < 4.78 is 11.5. The largest absolute Gasteiger partial charge is 0.484 e. The third-order valence-electron chi connectivity index (χ3n) is 5.02. The molecular formula is C22H25Cl2NO3. The highest BCUT2D eigenvalue weighted by Gasteiger charge is 2.24. The second-order valence-corrected chi connectivity index (χ2v) is 8.02. The SMILES string of the molecule is Cc1ccc(OCC(=O)N(Cc2ccc(Cl)cc2Cl)C[C@H]2CCCO2)cc1C. The van der Waals surface area contributed by atoms with E-state index in [1.54, 1.807) is 17.0 Å². The molecule has 1 amide bonds. The van der Waals surface area contributed by atoms with Crippen molar-refractivity contribution in [2.24, 2.45) is 0 Å². The number of hydrogen-bond acceptors (Lipinski definition) is 3. The summed E-state index contributed by atoms with van der Waals surface area (Å²) in [4.78, 5) is 14.7. The Morgan fingerprint density at radius 1 is 1.18 bits per heavy atom. The second kappa shape index (κ2) is 9.64. The Morgan fingerprint density at radius 2 is 2.00 bits per heavy atom. The molecule has 3 rings (SSSR count). The van der Waals surface area contributed by atoms with Crippen LogP contribution in [0.3, 0.4) is 0 Å². The van der Waals surface area contributed by atoms with Crippen molar-refractivity contribution in [1.82, 2.24) is 4.90 Å². The number of amides is 1. The zero-order chi connectivity index (χ0) is 20.1. The molecule has 1 aliphatic heterocycles. The van der Waals surface area contributed by atoms with Crippen molar-refractivity contribution in [2.75, 3.05) is 19.8 Å². The van der Waals surface area contributed by atoms with Crippen molar-refractivity contribution in [1.29, 1.82) is 0 Å². The Morgan fingerprint density at radius 3 is 2.68 bits per heavy atom. The summed E-state index contributed by atoms with van der Waals surface area (Å²) in [5.41, 5.74) is 3.17. The van der Waals surface area contributed by atoms with E-state index in [1.165, 1.54) is 5.56 Å². The molecule has 1 aliphatic rings. The summed E-state index contributed by atoms with van der Waals surface area (Å²) in [7, 11) is 0. The zero-order valence-electron chi connectivity index (χ0n) is 16.2. The maximum atomic E-state index is 12.9. The molecule has 28 heavy (non-hydrogen) atoms. The number of nitrogens with zero attached hydrogens (tertiary/aromatic N) is 1. The molecule has 1 saturated heterocycles. The Balaban J connectivity index is 1.69. The molecule has 1 fully saturated rings. The van der Waals surface area contributed by atoms with Crippen LogP contribution in [0, 0.1) is 13.8 Å². The van der Waals surface area contributed by atoms with Crippen molar-refractivity contribution < 1.29 is 14.3 Å². The van der Waals surface area contributed by atoms with Gasteiger partial charge in [-0.1, -0.05) is 35.3 Å². The Bertz CT molecular complexity index is 835. The van der Waals surface area contributed by atoms with Gasteiger partial charge >= 0.3 is 0 Å². The predicted octanol–water partition coefficient (Wildman–Crippen LogP) is 5.20. The summed E-state index contributed by atoms with van der Waals surface area (Å²) in [6.45, 7) is 5.70. The molecule has 1 heterocycles. The minimum atomic E-state index is -0.0975. The normalized spacial score (nSPS) is 16.2. The highest BCUT2D eigenvalue weighted by atomic mass is 35.5. The summed E-state index contributed by atoms with van der Waals surface area (Å²) in [6.07, 6.45) is 2.03. The van der Waals surface area contributed by atoms with Gasteiger partial charge in [0.05, 0.1) is 6.10 Å². The summed E-state index contributed by atoms with van der Waals surface area (Å²) in [5.74, 6) is 0.595. The minimum absolute atomic E-state index is 0.0274. The van der Waals surface area contributed by atoms with Crippen LogP contribution in [0.25, 0.3) is 0 Å². The molecule has 2 aromatic carbocycles. The second-order valence-electron chi connectivity index (χ2n) is 7.18. The van der Waals surface area contributed by atoms with E-state index in [0.717, 1.165) is 30.6 Å². The van der Waals surface area contributed by atoms with Gasteiger partial charge < -0.3 is 14.4 Å². The quantitative estimate of drug-likeness (QED) is 0.616. The van der Waals surface area contributed by atoms with Gasteiger partial charge in [-0.05, 0) is 67.6 Å². The first-order valence-corrected chi connectivity index (χ1v) is 10.2. The molecule has 0 spiro atoms. The summed E-state index contributed by atoms with van der Waals surface area (Å²) >= 11 is 12.3. The van der Waals surface area contributed by atoms with E-state index in [4.69, 9.17) is 32.7 Å². The van der Waals surface area contributed by atoms with E-state index in [1.807, 2.05) is 38.1 Å². The van der Waals surface area contributed by atoms with Crippen molar-refractivity contribution in [3.05, 3.63) is 63.1 Å². The van der Waals surface area contributed by atoms with Crippen LogP contribution in [0.15, 0.2) is 36.4 Å². The average Bonchev–Trinajstić information content (AvgIpc) is 3.17. The number of rotatable bonds is 7. The lowest BCUT2D eigenvalue weighted by Crippen LogP contribution is -2.39. The van der Waals surface area contributed by atoms with E-state index in [0.29, 0.717) is 28.9 Å². The zero-order valence-corrected chi connectivity index (χ0v) is 17.7. The van der Waals surface area contributed by atoms with Crippen molar-refractivity contribution in [2.45, 2.75) is 39.3 Å². The van der Waals surface area contributed by atoms with Gasteiger partial charge in [0, 0.05) is 29.7 Å². The fourth-order valence-corrected chi connectivity index (χ4v) is 3.65. The third kappa shape index (κ3) is 5.63. The van der Waals surface area contributed by atoms with Crippen LogP contribution in [0.1, 0.15) is 29.5 Å². The van der Waals surface area contributed by atoms with Crippen LogP contribution in [0.4, 0.5) is 0 Å². The average molecular weight is 422 g/mol. The minimum Gasteiger partial charge on any atom is -0.484 e. The topological polar surface area (TPSA) is 38.8 Å². The lowest BCUT2D eigenvalue weighted by atomic mass is 10.1. The van der Waals surface area contributed by atoms with E-state index in [2.05, 4.69) is 0 Å². The van der Waals surface area contributed by atoms with Gasteiger partial charge in [-0.2, -0.15) is 0 Å². The van der Waals surface area contributed by atoms with Gasteiger partial charge in [0.15, 0.2) is 6.61 Å². The Labute approximate surface area is 176 Å². The summed E-state index contributed by atoms with van der Waals surface area (Å²) in [6, 6.07) is 11.2.